The summed E-state index contributed by atoms with van der Waals surface area (Å²) in [4.78, 5) is 25.0. The Labute approximate surface area is 120 Å². The van der Waals surface area contributed by atoms with Crippen LogP contribution in [0.2, 0.25) is 0 Å². The molecule has 0 spiro atoms. The van der Waals surface area contributed by atoms with E-state index in [4.69, 9.17) is 5.11 Å². The van der Waals surface area contributed by atoms with E-state index in [0.717, 1.165) is 28.5 Å². The van der Waals surface area contributed by atoms with Gasteiger partial charge in [-0.3, -0.25) is 9.59 Å². The summed E-state index contributed by atoms with van der Waals surface area (Å²) in [6, 6.07) is 6.07. The van der Waals surface area contributed by atoms with Crippen LogP contribution in [-0.2, 0) is 4.79 Å². The number of fused-ring (bicyclic) bond motifs is 1. The van der Waals surface area contributed by atoms with Gasteiger partial charge < -0.3 is 10.0 Å². The fourth-order valence-corrected chi connectivity index (χ4v) is 3.39. The number of hydrogen-bond acceptors (Lipinski definition) is 3. The van der Waals surface area contributed by atoms with E-state index in [9.17, 15) is 9.59 Å². The highest BCUT2D eigenvalue weighted by atomic mass is 32.1. The highest BCUT2D eigenvalue weighted by Gasteiger charge is 2.35. The first-order valence-electron chi connectivity index (χ1n) is 6.57. The predicted molar refractivity (Wildman–Crippen MR) is 78.3 cm³/mol. The molecule has 0 aliphatic heterocycles. The number of aliphatic carboxylic acids is 1. The highest BCUT2D eigenvalue weighted by Crippen LogP contribution is 2.32. The van der Waals surface area contributed by atoms with E-state index >= 15 is 0 Å². The molecule has 1 fully saturated rings. The number of nitrogens with zero attached hydrogens (tertiary/aromatic N) is 1. The maximum absolute atomic E-state index is 12.6. The smallest absolute Gasteiger partial charge is 0.323 e. The molecule has 1 aromatic heterocycles. The Morgan fingerprint density at radius 2 is 2.15 bits per heavy atom. The van der Waals surface area contributed by atoms with Gasteiger partial charge in [0.2, 0.25) is 0 Å². The van der Waals surface area contributed by atoms with E-state index in [1.54, 1.807) is 0 Å². The van der Waals surface area contributed by atoms with Gasteiger partial charge in [-0.1, -0.05) is 12.1 Å². The standard InChI is InChI=1S/C15H15NO3S/c1-9-2-5-11-12(8-20-13(11)6-9)15(19)16(7-14(17)18)10-3-4-10/h2,5-6,8,10H,3-4,7H2,1H3,(H,17,18). The van der Waals surface area contributed by atoms with Gasteiger partial charge in [0.25, 0.3) is 5.91 Å². The van der Waals surface area contributed by atoms with Crippen LogP contribution in [0.15, 0.2) is 23.6 Å². The minimum atomic E-state index is -0.958. The molecular weight excluding hydrogens is 274 g/mol. The number of rotatable bonds is 4. The second-order valence-electron chi connectivity index (χ2n) is 5.21. The van der Waals surface area contributed by atoms with E-state index in [1.165, 1.54) is 16.2 Å². The molecule has 1 amide bonds. The number of hydrogen-bond donors (Lipinski definition) is 1. The van der Waals surface area contributed by atoms with Crippen LogP contribution in [0.5, 0.6) is 0 Å². The van der Waals surface area contributed by atoms with Gasteiger partial charge in [0.1, 0.15) is 6.54 Å². The molecule has 3 rings (SSSR count). The first kappa shape index (κ1) is 13.1. The van der Waals surface area contributed by atoms with E-state index in [0.29, 0.717) is 5.56 Å². The summed E-state index contributed by atoms with van der Waals surface area (Å²) in [6.45, 7) is 1.80. The third kappa shape index (κ3) is 2.41. The molecule has 104 valence electrons. The van der Waals surface area contributed by atoms with E-state index in [2.05, 4.69) is 6.07 Å². The minimum Gasteiger partial charge on any atom is -0.480 e. The maximum Gasteiger partial charge on any atom is 0.323 e. The molecule has 5 heteroatoms. The third-order valence-corrected chi connectivity index (χ3v) is 4.46. The zero-order chi connectivity index (χ0) is 14.3. The number of carboxylic acid groups (broad SMARTS) is 1. The average Bonchev–Trinajstić information content (AvgIpc) is 3.15. The lowest BCUT2D eigenvalue weighted by atomic mass is 10.1. The summed E-state index contributed by atoms with van der Waals surface area (Å²) < 4.78 is 1.07. The Morgan fingerprint density at radius 3 is 2.80 bits per heavy atom. The minimum absolute atomic E-state index is 0.0963. The van der Waals surface area contributed by atoms with Crippen LogP contribution in [0, 0.1) is 6.92 Å². The molecule has 1 N–H and O–H groups in total. The average molecular weight is 289 g/mol. The van der Waals surface area contributed by atoms with Gasteiger partial charge in [0.05, 0.1) is 5.56 Å². The molecular formula is C15H15NO3S. The first-order chi connectivity index (χ1) is 9.56. The van der Waals surface area contributed by atoms with Crippen molar-refractivity contribution < 1.29 is 14.7 Å². The number of aryl methyl sites for hydroxylation is 1. The van der Waals surface area contributed by atoms with Crippen LogP contribution >= 0.6 is 11.3 Å². The Bertz CT molecular complexity index is 687. The number of amides is 1. The van der Waals surface area contributed by atoms with Crippen LogP contribution in [0.4, 0.5) is 0 Å². The molecule has 0 unspecified atom stereocenters. The summed E-state index contributed by atoms with van der Waals surface area (Å²) in [5.41, 5.74) is 1.78. The quantitative estimate of drug-likeness (QED) is 0.941. The van der Waals surface area contributed by atoms with Crippen molar-refractivity contribution in [3.05, 3.63) is 34.7 Å². The van der Waals surface area contributed by atoms with Crippen LogP contribution in [-0.4, -0.2) is 34.5 Å². The summed E-state index contributed by atoms with van der Waals surface area (Å²) in [7, 11) is 0. The molecule has 0 saturated heterocycles. The maximum atomic E-state index is 12.6. The normalized spacial score (nSPS) is 14.4. The molecule has 1 aromatic carbocycles. The van der Waals surface area contributed by atoms with Crippen molar-refractivity contribution in [1.82, 2.24) is 4.90 Å². The number of thiophene rings is 1. The van der Waals surface area contributed by atoms with Crippen LogP contribution in [0.25, 0.3) is 10.1 Å². The van der Waals surface area contributed by atoms with Gasteiger partial charge in [-0.15, -0.1) is 11.3 Å². The van der Waals surface area contributed by atoms with Crippen molar-refractivity contribution in [2.75, 3.05) is 6.54 Å². The van der Waals surface area contributed by atoms with Crippen molar-refractivity contribution in [3.63, 3.8) is 0 Å². The number of benzene rings is 1. The SMILES string of the molecule is Cc1ccc2c(C(=O)N(CC(=O)O)C3CC3)csc2c1. The van der Waals surface area contributed by atoms with Crippen molar-refractivity contribution in [1.29, 1.82) is 0 Å². The van der Waals surface area contributed by atoms with Crippen molar-refractivity contribution in [2.24, 2.45) is 0 Å². The van der Waals surface area contributed by atoms with Gasteiger partial charge in [0.15, 0.2) is 0 Å². The lowest BCUT2D eigenvalue weighted by Gasteiger charge is -2.19. The fourth-order valence-electron chi connectivity index (χ4n) is 2.35. The molecule has 20 heavy (non-hydrogen) atoms. The van der Waals surface area contributed by atoms with E-state index in [-0.39, 0.29) is 18.5 Å². The first-order valence-corrected chi connectivity index (χ1v) is 7.45. The van der Waals surface area contributed by atoms with Gasteiger partial charge in [-0.25, -0.2) is 0 Å². The summed E-state index contributed by atoms with van der Waals surface area (Å²) in [6.07, 6.45) is 1.81. The Hall–Kier alpha value is -1.88. The van der Waals surface area contributed by atoms with Crippen molar-refractivity contribution in [3.8, 4) is 0 Å². The fraction of sp³-hybridized carbons (Fsp3) is 0.333. The topological polar surface area (TPSA) is 57.6 Å². The molecule has 4 nitrogen and oxygen atoms in total. The number of carbonyl (C=O) groups excluding carboxylic acids is 1. The Kier molecular flexibility index (Phi) is 3.22. The molecule has 1 aliphatic rings. The summed E-state index contributed by atoms with van der Waals surface area (Å²) in [5.74, 6) is -1.12. The molecule has 0 bridgehead atoms. The predicted octanol–water partition coefficient (Wildman–Crippen LogP) is 2.90. The summed E-state index contributed by atoms with van der Waals surface area (Å²) >= 11 is 1.53. The largest absolute Gasteiger partial charge is 0.480 e. The Morgan fingerprint density at radius 1 is 1.40 bits per heavy atom. The van der Waals surface area contributed by atoms with Gasteiger partial charge in [-0.05, 0) is 31.4 Å². The highest BCUT2D eigenvalue weighted by molar-refractivity contribution is 7.17. The van der Waals surface area contributed by atoms with Gasteiger partial charge >= 0.3 is 5.97 Å². The molecule has 1 saturated carbocycles. The van der Waals surface area contributed by atoms with Crippen LogP contribution in [0.1, 0.15) is 28.8 Å². The van der Waals surface area contributed by atoms with Crippen LogP contribution in [0.3, 0.4) is 0 Å². The molecule has 1 aliphatic carbocycles. The second-order valence-corrected chi connectivity index (χ2v) is 6.12. The van der Waals surface area contributed by atoms with E-state index in [1.807, 2.05) is 24.4 Å². The van der Waals surface area contributed by atoms with Gasteiger partial charge in [0, 0.05) is 21.5 Å². The van der Waals surface area contributed by atoms with Crippen LogP contribution < -0.4 is 0 Å². The summed E-state index contributed by atoms with van der Waals surface area (Å²) in [5, 5.41) is 11.7. The zero-order valence-electron chi connectivity index (χ0n) is 11.1. The van der Waals surface area contributed by atoms with Crippen molar-refractivity contribution >= 4 is 33.3 Å². The third-order valence-electron chi connectivity index (χ3n) is 3.52. The zero-order valence-corrected chi connectivity index (χ0v) is 11.9. The number of carboxylic acids is 1. The molecule has 2 aromatic rings. The lowest BCUT2D eigenvalue weighted by Crippen LogP contribution is -2.37. The second kappa shape index (κ2) is 4.90. The molecule has 0 radical (unpaired) electrons. The van der Waals surface area contributed by atoms with Crippen molar-refractivity contribution in [2.45, 2.75) is 25.8 Å². The molecule has 0 atom stereocenters. The van der Waals surface area contributed by atoms with Gasteiger partial charge in [-0.2, -0.15) is 0 Å². The number of carbonyl (C=O) groups is 2. The monoisotopic (exact) mass is 289 g/mol. The Balaban J connectivity index is 1.96. The van der Waals surface area contributed by atoms with E-state index < -0.39 is 5.97 Å². The molecule has 1 heterocycles. The lowest BCUT2D eigenvalue weighted by molar-refractivity contribution is -0.137.